The summed E-state index contributed by atoms with van der Waals surface area (Å²) in [5.74, 6) is 0.563. The first-order valence-electron chi connectivity index (χ1n) is 7.78. The third-order valence-electron chi connectivity index (χ3n) is 4.33. The molecule has 26 heavy (non-hydrogen) atoms. The van der Waals surface area contributed by atoms with Crippen LogP contribution in [0.5, 0.6) is 0 Å². The van der Waals surface area contributed by atoms with Crippen molar-refractivity contribution in [2.24, 2.45) is 0 Å². The molecule has 3 aromatic heterocycles. The molecule has 0 spiro atoms. The van der Waals surface area contributed by atoms with Gasteiger partial charge in [-0.25, -0.2) is 14.5 Å². The average molecular weight is 346 g/mol. The first kappa shape index (κ1) is 14.5. The molecule has 0 amide bonds. The number of anilines is 1. The van der Waals surface area contributed by atoms with Crippen LogP contribution in [-0.4, -0.2) is 35.2 Å². The average Bonchev–Trinajstić information content (AvgIpc) is 3.33. The Labute approximate surface area is 145 Å². The molecule has 0 unspecified atom stereocenters. The molecule has 5 aromatic rings. The lowest BCUT2D eigenvalue weighted by molar-refractivity contribution is 0.640. The van der Waals surface area contributed by atoms with Crippen LogP contribution in [0.4, 0.5) is 10.2 Å². The number of nitrogens with two attached hydrogens (primary N) is 1. The fraction of sp³-hybridized carbons (Fsp3) is 0. The van der Waals surface area contributed by atoms with E-state index in [-0.39, 0.29) is 5.82 Å². The normalized spacial score (nSPS) is 11.4. The van der Waals surface area contributed by atoms with Crippen molar-refractivity contribution in [1.82, 2.24) is 35.2 Å². The summed E-state index contributed by atoms with van der Waals surface area (Å²) in [7, 11) is 0. The zero-order valence-corrected chi connectivity index (χ0v) is 13.3. The summed E-state index contributed by atoms with van der Waals surface area (Å²) in [5.41, 5.74) is 8.96. The number of hydrogen-bond donors (Lipinski definition) is 2. The summed E-state index contributed by atoms with van der Waals surface area (Å²) in [6.07, 6.45) is 3.24. The third-order valence-corrected chi connectivity index (χ3v) is 4.33. The van der Waals surface area contributed by atoms with E-state index in [1.807, 2.05) is 12.1 Å². The molecule has 0 atom stereocenters. The standard InChI is InChI=1S/C17H11FN8/c18-14-6-5-10(9-3-1-2-4-11(9)14)12-7-20-17-13(16-22-24-25-23-16)8-21-26(17)15(12)19/h1-8H,19H2,(H,22,23,24,25). The number of hydrogen-bond acceptors (Lipinski definition) is 6. The molecule has 8 nitrogen and oxygen atoms in total. The maximum atomic E-state index is 14.1. The van der Waals surface area contributed by atoms with Gasteiger partial charge in [0.05, 0.1) is 11.8 Å². The van der Waals surface area contributed by atoms with Gasteiger partial charge in [0.2, 0.25) is 0 Å². The third kappa shape index (κ3) is 1.97. The van der Waals surface area contributed by atoms with Gasteiger partial charge >= 0.3 is 0 Å². The van der Waals surface area contributed by atoms with Crippen LogP contribution in [0.1, 0.15) is 0 Å². The van der Waals surface area contributed by atoms with Crippen LogP contribution in [0.2, 0.25) is 0 Å². The molecule has 0 saturated carbocycles. The van der Waals surface area contributed by atoms with E-state index in [9.17, 15) is 4.39 Å². The Kier molecular flexibility index (Phi) is 2.95. The van der Waals surface area contributed by atoms with Crippen LogP contribution in [0.3, 0.4) is 0 Å². The van der Waals surface area contributed by atoms with E-state index in [0.717, 1.165) is 10.9 Å². The molecular weight excluding hydrogens is 335 g/mol. The monoisotopic (exact) mass is 346 g/mol. The first-order valence-corrected chi connectivity index (χ1v) is 7.78. The van der Waals surface area contributed by atoms with E-state index in [2.05, 4.69) is 30.7 Å². The fourth-order valence-electron chi connectivity index (χ4n) is 3.09. The van der Waals surface area contributed by atoms with Crippen molar-refractivity contribution in [3.8, 4) is 22.5 Å². The Morgan fingerprint density at radius 2 is 1.81 bits per heavy atom. The van der Waals surface area contributed by atoms with E-state index in [1.165, 1.54) is 10.6 Å². The van der Waals surface area contributed by atoms with Gasteiger partial charge < -0.3 is 5.73 Å². The van der Waals surface area contributed by atoms with Crippen molar-refractivity contribution >= 4 is 22.2 Å². The van der Waals surface area contributed by atoms with E-state index >= 15 is 0 Å². The van der Waals surface area contributed by atoms with Crippen LogP contribution in [0.25, 0.3) is 38.9 Å². The number of H-pyrrole nitrogens is 1. The highest BCUT2D eigenvalue weighted by atomic mass is 19.1. The van der Waals surface area contributed by atoms with Gasteiger partial charge in [-0.3, -0.25) is 0 Å². The molecule has 0 fully saturated rings. The molecule has 0 aliphatic rings. The van der Waals surface area contributed by atoms with E-state index in [4.69, 9.17) is 5.73 Å². The number of nitrogens with one attached hydrogen (secondary N) is 1. The minimum atomic E-state index is -0.281. The number of halogens is 1. The molecule has 0 radical (unpaired) electrons. The van der Waals surface area contributed by atoms with Crippen LogP contribution >= 0.6 is 0 Å². The highest BCUT2D eigenvalue weighted by Crippen LogP contribution is 2.34. The lowest BCUT2D eigenvalue weighted by atomic mass is 9.99. The smallest absolute Gasteiger partial charge is 0.184 e. The SMILES string of the molecule is Nc1c(-c2ccc(F)c3ccccc23)cnc2c(-c3nnn[nH]3)cnn12. The first-order chi connectivity index (χ1) is 12.7. The molecule has 2 aromatic carbocycles. The topological polar surface area (TPSA) is 111 Å². The Morgan fingerprint density at radius 3 is 2.62 bits per heavy atom. The van der Waals surface area contributed by atoms with Crippen LogP contribution < -0.4 is 5.73 Å². The molecule has 5 rings (SSSR count). The minimum absolute atomic E-state index is 0.281. The van der Waals surface area contributed by atoms with Gasteiger partial charge in [-0.15, -0.1) is 5.10 Å². The van der Waals surface area contributed by atoms with Gasteiger partial charge in [-0.2, -0.15) is 9.61 Å². The van der Waals surface area contributed by atoms with Gasteiger partial charge in [-0.1, -0.05) is 30.3 Å². The number of nitrogens with zero attached hydrogens (tertiary/aromatic N) is 6. The molecule has 3 N–H and O–H groups in total. The maximum Gasteiger partial charge on any atom is 0.184 e. The largest absolute Gasteiger partial charge is 0.383 e. The zero-order chi connectivity index (χ0) is 17.7. The predicted molar refractivity (Wildman–Crippen MR) is 93.5 cm³/mol. The molecule has 9 heteroatoms. The number of aromatic amines is 1. The van der Waals surface area contributed by atoms with Crippen LogP contribution in [-0.2, 0) is 0 Å². The maximum absolute atomic E-state index is 14.1. The second-order valence-electron chi connectivity index (χ2n) is 5.74. The summed E-state index contributed by atoms with van der Waals surface area (Å²) in [4.78, 5) is 4.47. The predicted octanol–water partition coefficient (Wildman–Crippen LogP) is 2.45. The molecule has 126 valence electrons. The van der Waals surface area contributed by atoms with Crippen molar-refractivity contribution in [1.29, 1.82) is 0 Å². The van der Waals surface area contributed by atoms with E-state index in [0.29, 0.717) is 33.8 Å². The van der Waals surface area contributed by atoms with Crippen molar-refractivity contribution in [3.05, 3.63) is 54.6 Å². The van der Waals surface area contributed by atoms with Gasteiger partial charge in [-0.05, 0) is 27.4 Å². The second kappa shape index (κ2) is 5.31. The molecule has 3 heterocycles. The number of nitrogen functional groups attached to an aromatic ring is 1. The van der Waals surface area contributed by atoms with Crippen molar-refractivity contribution in [3.63, 3.8) is 0 Å². The van der Waals surface area contributed by atoms with Gasteiger partial charge in [0.25, 0.3) is 0 Å². The summed E-state index contributed by atoms with van der Waals surface area (Å²) >= 11 is 0. The summed E-state index contributed by atoms with van der Waals surface area (Å²) in [6, 6.07) is 10.4. The lowest BCUT2D eigenvalue weighted by Gasteiger charge is -2.11. The van der Waals surface area contributed by atoms with Crippen molar-refractivity contribution < 1.29 is 4.39 Å². The van der Waals surface area contributed by atoms with Crippen LogP contribution in [0, 0.1) is 5.82 Å². The highest BCUT2D eigenvalue weighted by Gasteiger charge is 2.17. The van der Waals surface area contributed by atoms with E-state index < -0.39 is 0 Å². The number of fused-ring (bicyclic) bond motifs is 2. The van der Waals surface area contributed by atoms with E-state index in [1.54, 1.807) is 30.6 Å². The number of aromatic nitrogens is 7. The highest BCUT2D eigenvalue weighted by molar-refractivity contribution is 5.99. The number of rotatable bonds is 2. The number of tetrazole rings is 1. The zero-order valence-electron chi connectivity index (χ0n) is 13.3. The second-order valence-corrected chi connectivity index (χ2v) is 5.74. The molecule has 0 aliphatic heterocycles. The Bertz CT molecular complexity index is 1260. The summed E-state index contributed by atoms with van der Waals surface area (Å²) < 4.78 is 15.6. The summed E-state index contributed by atoms with van der Waals surface area (Å²) in [5, 5.41) is 19.3. The Hall–Kier alpha value is -3.88. The van der Waals surface area contributed by atoms with Gasteiger partial charge in [0, 0.05) is 17.1 Å². The Morgan fingerprint density at radius 1 is 0.962 bits per heavy atom. The quantitative estimate of drug-likeness (QED) is 0.508. The molecule has 0 aliphatic carbocycles. The molecule has 0 bridgehead atoms. The minimum Gasteiger partial charge on any atom is -0.383 e. The Balaban J connectivity index is 1.77. The fourth-order valence-corrected chi connectivity index (χ4v) is 3.09. The van der Waals surface area contributed by atoms with Crippen molar-refractivity contribution in [2.75, 3.05) is 5.73 Å². The lowest BCUT2D eigenvalue weighted by Crippen LogP contribution is -2.03. The van der Waals surface area contributed by atoms with Crippen molar-refractivity contribution in [2.45, 2.75) is 0 Å². The van der Waals surface area contributed by atoms with Gasteiger partial charge in [0.15, 0.2) is 11.5 Å². The number of benzene rings is 2. The summed E-state index contributed by atoms with van der Waals surface area (Å²) in [6.45, 7) is 0. The van der Waals surface area contributed by atoms with Gasteiger partial charge in [0.1, 0.15) is 11.6 Å². The van der Waals surface area contributed by atoms with Crippen LogP contribution in [0.15, 0.2) is 48.8 Å². The molecule has 0 saturated heterocycles. The molecular formula is C17H11FN8.